The van der Waals surface area contributed by atoms with Crippen LogP contribution in [-0.2, 0) is 8.23 Å². The fourth-order valence-corrected chi connectivity index (χ4v) is 12.1. The highest BCUT2D eigenvalue weighted by Gasteiger charge is 2.86. The minimum Gasteiger partial charge on any atom is -0.431 e. The van der Waals surface area contributed by atoms with Gasteiger partial charge in [-0.15, -0.1) is 0 Å². The number of alkyl halides is 18. The van der Waals surface area contributed by atoms with E-state index in [0.29, 0.717) is 6.55 Å². The van der Waals surface area contributed by atoms with E-state index in [2.05, 4.69) is 8.23 Å². The predicted octanol–water partition coefficient (Wildman–Crippen LogP) is 8.42. The summed E-state index contributed by atoms with van der Waals surface area (Å²) in [6.07, 6.45) is -8.18. The van der Waals surface area contributed by atoms with Gasteiger partial charge in [-0.25, -0.2) is 26.3 Å². The van der Waals surface area contributed by atoms with Crippen LogP contribution in [0.15, 0.2) is 0 Å². The molecule has 0 fully saturated rings. The Morgan fingerprint density at radius 3 is 0.850 bits per heavy atom. The SMILES string of the molecule is CC(F)C(F)(F)C(F)(F)C(F)(F)C(F)(F)[Si](C)(C)O[Si](C)O[Si](C)(C)C(F)(F)C(F)(F)C(F)(F)C(F)(F)C(C)F. The minimum absolute atomic E-state index is 0.0514. The highest BCUT2D eigenvalue weighted by molar-refractivity contribution is 6.83. The van der Waals surface area contributed by atoms with Crippen LogP contribution < -0.4 is 0 Å². The maximum Gasteiger partial charge on any atom is 0.380 e. The van der Waals surface area contributed by atoms with Gasteiger partial charge in [-0.3, -0.25) is 0 Å². The molecule has 0 aliphatic rings. The number of hydrogen-bond acceptors (Lipinski definition) is 2. The molecule has 0 rings (SSSR count). The standard InChI is InChI=1S/C17H23F18O2Si3/c1-8(18)10(20,21)12(24,25)14(28,29)16(32,33)39(4,5)36-38(3)37-40(6,7)17(34,35)15(30,31)13(26,27)11(22,23)9(2)19/h8-9H,1-7H3. The van der Waals surface area contributed by atoms with Crippen molar-refractivity contribution in [3.63, 3.8) is 0 Å². The van der Waals surface area contributed by atoms with E-state index in [1.54, 1.807) is 0 Å². The molecule has 0 amide bonds. The van der Waals surface area contributed by atoms with Crippen molar-refractivity contribution in [2.75, 3.05) is 0 Å². The Hall–Kier alpha value is -0.689. The van der Waals surface area contributed by atoms with Crippen LogP contribution in [0.1, 0.15) is 13.8 Å². The molecule has 0 aromatic carbocycles. The Morgan fingerprint density at radius 2 is 0.675 bits per heavy atom. The van der Waals surface area contributed by atoms with Crippen molar-refractivity contribution in [3.8, 4) is 0 Å². The van der Waals surface area contributed by atoms with Gasteiger partial charge in [0.2, 0.25) is 0 Å². The van der Waals surface area contributed by atoms with Crippen LogP contribution >= 0.6 is 0 Å². The van der Waals surface area contributed by atoms with Crippen molar-refractivity contribution in [2.45, 2.75) is 106 Å². The van der Waals surface area contributed by atoms with Crippen LogP contribution in [0.2, 0.25) is 32.7 Å². The molecule has 40 heavy (non-hydrogen) atoms. The summed E-state index contributed by atoms with van der Waals surface area (Å²) < 4.78 is 258. The van der Waals surface area contributed by atoms with E-state index in [0.717, 1.165) is 0 Å². The first-order valence-corrected chi connectivity index (χ1v) is 18.1. The first kappa shape index (κ1) is 39.3. The molecular weight excluding hydrogens is 662 g/mol. The summed E-state index contributed by atoms with van der Waals surface area (Å²) >= 11 is 0. The Bertz CT molecular complexity index is 821. The molecule has 0 saturated carbocycles. The van der Waals surface area contributed by atoms with Gasteiger partial charge in [-0.2, -0.15) is 52.7 Å². The summed E-state index contributed by atoms with van der Waals surface area (Å²) in [4.78, 5) is 0. The average Bonchev–Trinajstić information content (AvgIpc) is 2.71. The van der Waals surface area contributed by atoms with Gasteiger partial charge in [0.15, 0.2) is 12.3 Å². The van der Waals surface area contributed by atoms with E-state index >= 15 is 0 Å². The van der Waals surface area contributed by atoms with Gasteiger partial charge in [-0.05, 0) is 46.6 Å². The third-order valence-corrected chi connectivity index (χ3v) is 15.8. The van der Waals surface area contributed by atoms with E-state index in [9.17, 15) is 79.0 Å². The molecule has 0 spiro atoms. The van der Waals surface area contributed by atoms with Crippen molar-refractivity contribution in [1.29, 1.82) is 0 Å². The molecule has 2 unspecified atom stereocenters. The summed E-state index contributed by atoms with van der Waals surface area (Å²) in [5.74, 6) is -41.1. The Kier molecular flexibility index (Phi) is 10.6. The second kappa shape index (κ2) is 10.8. The van der Waals surface area contributed by atoms with Crippen LogP contribution in [0.5, 0.6) is 0 Å². The van der Waals surface area contributed by atoms with E-state index in [1.165, 1.54) is 0 Å². The molecule has 2 atom stereocenters. The zero-order valence-corrected chi connectivity index (χ0v) is 24.3. The van der Waals surface area contributed by atoms with Gasteiger partial charge >= 0.3 is 55.9 Å². The van der Waals surface area contributed by atoms with E-state index in [-0.39, 0.29) is 40.0 Å². The maximum atomic E-state index is 14.6. The molecule has 1 radical (unpaired) electrons. The fraction of sp³-hybridized carbons (Fsp3) is 1.00. The van der Waals surface area contributed by atoms with Gasteiger partial charge < -0.3 is 8.23 Å². The van der Waals surface area contributed by atoms with Crippen molar-refractivity contribution >= 4 is 25.9 Å². The Balaban J connectivity index is 6.37. The van der Waals surface area contributed by atoms with Crippen molar-refractivity contribution in [1.82, 2.24) is 0 Å². The zero-order valence-electron chi connectivity index (χ0n) is 21.3. The molecule has 0 N–H and O–H groups in total. The molecule has 0 aromatic heterocycles. The van der Waals surface area contributed by atoms with Crippen LogP contribution in [0.25, 0.3) is 0 Å². The topological polar surface area (TPSA) is 18.5 Å². The summed E-state index contributed by atoms with van der Waals surface area (Å²) in [5.41, 5.74) is -12.6. The second-order valence-electron chi connectivity index (χ2n) is 9.64. The first-order chi connectivity index (χ1) is 17.0. The molecule has 0 aliphatic heterocycles. The molecule has 0 saturated heterocycles. The van der Waals surface area contributed by atoms with Crippen molar-refractivity contribution in [3.05, 3.63) is 0 Å². The lowest BCUT2D eigenvalue weighted by atomic mass is 10.0. The molecule has 0 aromatic rings. The van der Waals surface area contributed by atoms with Crippen LogP contribution in [0.3, 0.4) is 0 Å². The first-order valence-electron chi connectivity index (χ1n) is 10.5. The van der Waals surface area contributed by atoms with Crippen LogP contribution in [0.4, 0.5) is 79.0 Å². The normalized spacial score (nSPS) is 17.9. The lowest BCUT2D eigenvalue weighted by Gasteiger charge is -2.45. The quantitative estimate of drug-likeness (QED) is 0.135. The second-order valence-corrected chi connectivity index (χ2v) is 19.6. The van der Waals surface area contributed by atoms with E-state index in [4.69, 9.17) is 0 Å². The molecule has 0 heterocycles. The summed E-state index contributed by atoms with van der Waals surface area (Å²) in [5, 5.41) is 0. The third kappa shape index (κ3) is 5.65. The van der Waals surface area contributed by atoms with E-state index in [1.807, 2.05) is 0 Å². The number of hydrogen-bond donors (Lipinski definition) is 0. The summed E-state index contributed by atoms with van der Waals surface area (Å²) in [6, 6.07) is 0. The maximum absolute atomic E-state index is 14.6. The van der Waals surface area contributed by atoms with Gasteiger partial charge in [0.25, 0.3) is 16.6 Å². The average molecular weight is 686 g/mol. The summed E-state index contributed by atoms with van der Waals surface area (Å²) in [6.45, 7) is -0.580. The Labute approximate surface area is 219 Å². The van der Waals surface area contributed by atoms with Gasteiger partial charge in [-0.1, -0.05) is 0 Å². The molecular formula is C17H23F18O2Si3. The summed E-state index contributed by atoms with van der Waals surface area (Å²) in [7, 11) is -16.0. The highest BCUT2D eigenvalue weighted by Crippen LogP contribution is 2.58. The van der Waals surface area contributed by atoms with Gasteiger partial charge in [0.1, 0.15) is 0 Å². The van der Waals surface area contributed by atoms with Crippen molar-refractivity contribution in [2.24, 2.45) is 0 Å². The lowest BCUT2D eigenvalue weighted by molar-refractivity contribution is -0.361. The molecule has 0 bridgehead atoms. The van der Waals surface area contributed by atoms with Gasteiger partial charge in [0.05, 0.1) is 0 Å². The minimum atomic E-state index is -7.08. The fourth-order valence-electron chi connectivity index (χ4n) is 2.94. The van der Waals surface area contributed by atoms with Crippen molar-refractivity contribution < 1.29 is 87.3 Å². The van der Waals surface area contributed by atoms with Gasteiger partial charge in [0, 0.05) is 0 Å². The molecule has 23 heteroatoms. The lowest BCUT2D eigenvalue weighted by Crippen LogP contribution is -2.73. The van der Waals surface area contributed by atoms with E-state index < -0.39 is 84.9 Å². The highest BCUT2D eigenvalue weighted by atomic mass is 28.4. The molecule has 2 nitrogen and oxygen atoms in total. The zero-order chi connectivity index (χ0) is 33.1. The molecule has 241 valence electrons. The van der Waals surface area contributed by atoms with Crippen LogP contribution in [0, 0.1) is 0 Å². The number of rotatable bonds is 14. The number of halogens is 18. The van der Waals surface area contributed by atoms with Crippen LogP contribution in [-0.4, -0.2) is 84.9 Å². The Morgan fingerprint density at radius 1 is 0.475 bits per heavy atom. The third-order valence-electron chi connectivity index (χ3n) is 5.72. The largest absolute Gasteiger partial charge is 0.431 e. The predicted molar refractivity (Wildman–Crippen MR) is 109 cm³/mol. The smallest absolute Gasteiger partial charge is 0.380 e. The monoisotopic (exact) mass is 685 g/mol. The molecule has 0 aliphatic carbocycles.